The number of carbonyl (C=O) groups is 4. The van der Waals surface area contributed by atoms with Crippen molar-refractivity contribution in [3.8, 4) is 0 Å². The van der Waals surface area contributed by atoms with Gasteiger partial charge in [0.05, 0.1) is 28.3 Å². The highest BCUT2D eigenvalue weighted by Crippen LogP contribution is 2.25. The smallest absolute Gasteiger partial charge is 0.354 e. The molecule has 9 heteroatoms. The van der Waals surface area contributed by atoms with Gasteiger partial charge in [-0.2, -0.15) is 0 Å². The Kier molecular flexibility index (Phi) is 8.64. The van der Waals surface area contributed by atoms with Crippen molar-refractivity contribution in [1.29, 1.82) is 0 Å². The zero-order chi connectivity index (χ0) is 26.4. The number of benzene rings is 3. The van der Waals surface area contributed by atoms with Gasteiger partial charge in [0.1, 0.15) is 5.70 Å². The maximum absolute atomic E-state index is 13.0. The largest absolute Gasteiger partial charge is 0.464 e. The van der Waals surface area contributed by atoms with Crippen molar-refractivity contribution in [2.45, 2.75) is 13.8 Å². The van der Waals surface area contributed by atoms with E-state index in [1.807, 2.05) is 0 Å². The third kappa shape index (κ3) is 6.19. The summed E-state index contributed by atoms with van der Waals surface area (Å²) in [5.41, 5.74) is 2.04. The quantitative estimate of drug-likeness (QED) is 0.234. The van der Waals surface area contributed by atoms with Gasteiger partial charge in [-0.15, -0.1) is 0 Å². The van der Waals surface area contributed by atoms with Crippen LogP contribution in [0.4, 0.5) is 5.69 Å². The number of rotatable bonds is 7. The third-order valence-electron chi connectivity index (χ3n) is 5.20. The molecule has 0 spiro atoms. The van der Waals surface area contributed by atoms with Gasteiger partial charge in [-0.3, -0.25) is 14.4 Å². The van der Waals surface area contributed by atoms with E-state index >= 15 is 0 Å². The van der Waals surface area contributed by atoms with Crippen LogP contribution in [0.1, 0.15) is 49.1 Å². The molecule has 0 atom stereocenters. The molecule has 0 saturated carbocycles. The number of aryl methyl sites for hydroxylation is 1. The average Bonchev–Trinajstić information content (AvgIpc) is 2.83. The Morgan fingerprint density at radius 2 is 1.44 bits per heavy atom. The van der Waals surface area contributed by atoms with Gasteiger partial charge in [0.25, 0.3) is 11.8 Å². The topological polar surface area (TPSA) is 102 Å². The van der Waals surface area contributed by atoms with E-state index in [1.165, 1.54) is 20.1 Å². The summed E-state index contributed by atoms with van der Waals surface area (Å²) < 4.78 is 4.81. The fourth-order valence-electron chi connectivity index (χ4n) is 3.44. The van der Waals surface area contributed by atoms with Crippen molar-refractivity contribution < 1.29 is 23.9 Å². The summed E-state index contributed by atoms with van der Waals surface area (Å²) >= 11 is 12.2. The molecule has 0 unspecified atom stereocenters. The van der Waals surface area contributed by atoms with E-state index in [0.717, 1.165) is 0 Å². The first-order valence-electron chi connectivity index (χ1n) is 10.7. The molecule has 0 heterocycles. The van der Waals surface area contributed by atoms with Gasteiger partial charge in [-0.1, -0.05) is 59.6 Å². The molecular formula is C27H22Cl2N2O5. The second-order valence-electron chi connectivity index (χ2n) is 7.73. The molecule has 184 valence electrons. The number of ether oxygens (including phenoxy) is 1. The lowest BCUT2D eigenvalue weighted by Gasteiger charge is -2.13. The fourth-order valence-corrected chi connectivity index (χ4v) is 4.01. The summed E-state index contributed by atoms with van der Waals surface area (Å²) in [7, 11) is 1.19. The molecule has 3 aromatic rings. The minimum atomic E-state index is -0.771. The second kappa shape index (κ2) is 11.7. The number of Topliss-reactive ketones (excluding diaryl/α,β-unsaturated/α-hetero) is 1. The first-order valence-corrected chi connectivity index (χ1v) is 11.4. The van der Waals surface area contributed by atoms with Crippen molar-refractivity contribution in [3.63, 3.8) is 0 Å². The number of methoxy groups -OCH3 is 1. The Labute approximate surface area is 218 Å². The van der Waals surface area contributed by atoms with E-state index in [1.54, 1.807) is 67.6 Å². The number of halogens is 2. The van der Waals surface area contributed by atoms with Crippen molar-refractivity contribution in [1.82, 2.24) is 5.32 Å². The van der Waals surface area contributed by atoms with Crippen LogP contribution in [-0.2, 0) is 9.53 Å². The summed E-state index contributed by atoms with van der Waals surface area (Å²) in [4.78, 5) is 49.9. The molecular weight excluding hydrogens is 503 g/mol. The summed E-state index contributed by atoms with van der Waals surface area (Å²) in [6.45, 7) is 3.06. The van der Waals surface area contributed by atoms with Crippen LogP contribution in [-0.4, -0.2) is 30.7 Å². The predicted molar refractivity (Wildman–Crippen MR) is 139 cm³/mol. The monoisotopic (exact) mass is 524 g/mol. The van der Waals surface area contributed by atoms with Crippen LogP contribution in [0.25, 0.3) is 6.08 Å². The van der Waals surface area contributed by atoms with E-state index < -0.39 is 17.8 Å². The molecule has 0 aliphatic heterocycles. The second-order valence-corrected chi connectivity index (χ2v) is 8.54. The van der Waals surface area contributed by atoms with Crippen LogP contribution < -0.4 is 10.6 Å². The molecule has 0 radical (unpaired) electrons. The minimum absolute atomic E-state index is 0.125. The molecule has 3 rings (SSSR count). The summed E-state index contributed by atoms with van der Waals surface area (Å²) in [6, 6.07) is 16.2. The zero-order valence-electron chi connectivity index (χ0n) is 19.6. The van der Waals surface area contributed by atoms with Crippen molar-refractivity contribution in [2.24, 2.45) is 0 Å². The molecule has 36 heavy (non-hydrogen) atoms. The Hall–Kier alpha value is -3.94. The average molecular weight is 525 g/mol. The maximum atomic E-state index is 13.0. The number of hydrogen-bond acceptors (Lipinski definition) is 5. The molecule has 7 nitrogen and oxygen atoms in total. The van der Waals surface area contributed by atoms with Gasteiger partial charge in [0.2, 0.25) is 0 Å². The van der Waals surface area contributed by atoms with E-state index in [2.05, 4.69) is 10.6 Å². The first-order chi connectivity index (χ1) is 17.1. The van der Waals surface area contributed by atoms with E-state index in [4.69, 9.17) is 27.9 Å². The van der Waals surface area contributed by atoms with Crippen LogP contribution in [0, 0.1) is 6.92 Å². The normalized spacial score (nSPS) is 11.0. The molecule has 3 aromatic carbocycles. The van der Waals surface area contributed by atoms with Gasteiger partial charge in [-0.25, -0.2) is 4.79 Å². The molecule has 0 fully saturated rings. The number of carbonyl (C=O) groups excluding carboxylic acids is 4. The summed E-state index contributed by atoms with van der Waals surface area (Å²) in [5, 5.41) is 5.70. The van der Waals surface area contributed by atoms with Crippen LogP contribution in [0.2, 0.25) is 10.0 Å². The van der Waals surface area contributed by atoms with Crippen LogP contribution in [0.15, 0.2) is 66.4 Å². The summed E-state index contributed by atoms with van der Waals surface area (Å²) in [5.74, 6) is -2.14. The molecule has 2 N–H and O–H groups in total. The SMILES string of the molecule is COC(=O)/C(=C/c1ccc(NC(=O)c2c(Cl)cccc2Cl)cc1)NC(=O)c1c(C)cccc1C(C)=O. The maximum Gasteiger partial charge on any atom is 0.354 e. The van der Waals surface area contributed by atoms with Gasteiger partial charge >= 0.3 is 5.97 Å². The van der Waals surface area contributed by atoms with Gasteiger partial charge in [0, 0.05) is 11.3 Å². The zero-order valence-corrected chi connectivity index (χ0v) is 21.2. The molecule has 0 aliphatic carbocycles. The van der Waals surface area contributed by atoms with Gasteiger partial charge in [-0.05, 0) is 55.3 Å². The number of esters is 1. The standard InChI is InChI=1S/C27H22Cl2N2O5/c1-15-6-4-7-19(16(2)32)23(15)25(33)31-22(27(35)36-3)14-17-10-12-18(13-11-17)30-26(34)24-20(28)8-5-9-21(24)29/h4-14H,1-3H3,(H,30,34)(H,31,33)/b22-14-. The lowest BCUT2D eigenvalue weighted by molar-refractivity contribution is -0.136. The van der Waals surface area contributed by atoms with E-state index in [-0.39, 0.29) is 38.2 Å². The van der Waals surface area contributed by atoms with Crippen LogP contribution >= 0.6 is 23.2 Å². The Morgan fingerprint density at radius 3 is 2.03 bits per heavy atom. The van der Waals surface area contributed by atoms with E-state index in [9.17, 15) is 19.2 Å². The van der Waals surface area contributed by atoms with Crippen molar-refractivity contribution >= 4 is 58.5 Å². The number of hydrogen-bond donors (Lipinski definition) is 2. The molecule has 0 bridgehead atoms. The molecule has 2 amide bonds. The number of amides is 2. The van der Waals surface area contributed by atoms with Gasteiger partial charge in [0.15, 0.2) is 5.78 Å². The number of anilines is 1. The Morgan fingerprint density at radius 1 is 0.833 bits per heavy atom. The number of nitrogens with one attached hydrogen (secondary N) is 2. The summed E-state index contributed by atoms with van der Waals surface area (Å²) in [6.07, 6.45) is 1.42. The van der Waals surface area contributed by atoms with Crippen molar-refractivity contribution in [2.75, 3.05) is 12.4 Å². The van der Waals surface area contributed by atoms with Gasteiger partial charge < -0.3 is 15.4 Å². The predicted octanol–water partition coefficient (Wildman–Crippen LogP) is 5.70. The molecule has 0 aromatic heterocycles. The first kappa shape index (κ1) is 26.7. The molecule has 0 saturated heterocycles. The lowest BCUT2D eigenvalue weighted by Crippen LogP contribution is -2.29. The third-order valence-corrected chi connectivity index (χ3v) is 5.83. The van der Waals surface area contributed by atoms with E-state index in [0.29, 0.717) is 16.8 Å². The lowest BCUT2D eigenvalue weighted by atomic mass is 9.98. The fraction of sp³-hybridized carbons (Fsp3) is 0.111. The van der Waals surface area contributed by atoms with Crippen LogP contribution in [0.5, 0.6) is 0 Å². The van der Waals surface area contributed by atoms with Crippen LogP contribution in [0.3, 0.4) is 0 Å². The highest BCUT2D eigenvalue weighted by atomic mass is 35.5. The van der Waals surface area contributed by atoms with Crippen molar-refractivity contribution in [3.05, 3.63) is 104 Å². The highest BCUT2D eigenvalue weighted by molar-refractivity contribution is 6.40. The minimum Gasteiger partial charge on any atom is -0.464 e. The molecule has 0 aliphatic rings. The Balaban J connectivity index is 1.84. The Bertz CT molecular complexity index is 1360. The highest BCUT2D eigenvalue weighted by Gasteiger charge is 2.21. The number of ketones is 1.